The molecule has 0 atom stereocenters. The lowest BCUT2D eigenvalue weighted by atomic mass is 10.1. The predicted octanol–water partition coefficient (Wildman–Crippen LogP) is 1.94. The largest absolute Gasteiger partial charge is 0.366 e. The highest BCUT2D eigenvalue weighted by molar-refractivity contribution is 7.80. The summed E-state index contributed by atoms with van der Waals surface area (Å²) in [5, 5.41) is 10.4. The summed E-state index contributed by atoms with van der Waals surface area (Å²) < 4.78 is 5.21. The van der Waals surface area contributed by atoms with Crippen LogP contribution in [0.25, 0.3) is 11.3 Å². The standard InChI is InChI=1S/C12H13N3OS/c1-13-12(17)14-8-10-7-11(15-16-10)9-5-3-2-4-6-9/h2-7H,8H2,1H3,(H2,13,14,17). The third-order valence-electron chi connectivity index (χ3n) is 2.28. The first-order chi connectivity index (χ1) is 8.29. The van der Waals surface area contributed by atoms with Crippen LogP contribution in [-0.2, 0) is 6.54 Å². The van der Waals surface area contributed by atoms with Gasteiger partial charge in [-0.25, -0.2) is 0 Å². The van der Waals surface area contributed by atoms with Crippen molar-refractivity contribution in [2.75, 3.05) is 7.05 Å². The zero-order valence-electron chi connectivity index (χ0n) is 9.43. The summed E-state index contributed by atoms with van der Waals surface area (Å²) in [6.45, 7) is 0.527. The van der Waals surface area contributed by atoms with Crippen LogP contribution >= 0.6 is 12.2 Å². The van der Waals surface area contributed by atoms with E-state index in [9.17, 15) is 0 Å². The van der Waals surface area contributed by atoms with E-state index in [1.165, 1.54) is 0 Å². The summed E-state index contributed by atoms with van der Waals surface area (Å²) in [4.78, 5) is 0. The van der Waals surface area contributed by atoms with Crippen molar-refractivity contribution in [2.45, 2.75) is 6.54 Å². The lowest BCUT2D eigenvalue weighted by molar-refractivity contribution is 0.382. The van der Waals surface area contributed by atoms with Crippen molar-refractivity contribution >= 4 is 17.3 Å². The normalized spacial score (nSPS) is 9.94. The van der Waals surface area contributed by atoms with Gasteiger partial charge in [-0.3, -0.25) is 0 Å². The van der Waals surface area contributed by atoms with Crippen molar-refractivity contribution < 1.29 is 4.52 Å². The molecular formula is C12H13N3OS. The molecule has 5 heteroatoms. The monoisotopic (exact) mass is 247 g/mol. The molecule has 0 bridgehead atoms. The number of thiocarbonyl (C=S) groups is 1. The van der Waals surface area contributed by atoms with E-state index < -0.39 is 0 Å². The van der Waals surface area contributed by atoms with E-state index in [-0.39, 0.29) is 0 Å². The molecule has 0 radical (unpaired) electrons. The van der Waals surface area contributed by atoms with Crippen LogP contribution in [0.4, 0.5) is 0 Å². The number of aromatic nitrogens is 1. The molecule has 17 heavy (non-hydrogen) atoms. The molecule has 1 aromatic heterocycles. The zero-order chi connectivity index (χ0) is 12.1. The van der Waals surface area contributed by atoms with Gasteiger partial charge >= 0.3 is 0 Å². The number of hydrogen-bond donors (Lipinski definition) is 2. The first-order valence-corrected chi connectivity index (χ1v) is 5.67. The van der Waals surface area contributed by atoms with Crippen molar-refractivity contribution in [1.29, 1.82) is 0 Å². The molecule has 0 saturated carbocycles. The van der Waals surface area contributed by atoms with E-state index in [0.717, 1.165) is 17.0 Å². The molecule has 0 fully saturated rings. The van der Waals surface area contributed by atoms with Gasteiger partial charge in [-0.15, -0.1) is 0 Å². The highest BCUT2D eigenvalue weighted by atomic mass is 32.1. The first kappa shape index (κ1) is 11.6. The average Bonchev–Trinajstić information content (AvgIpc) is 2.86. The van der Waals surface area contributed by atoms with Crippen LogP contribution in [0.15, 0.2) is 40.9 Å². The van der Waals surface area contributed by atoms with E-state index in [1.54, 1.807) is 7.05 Å². The summed E-state index contributed by atoms with van der Waals surface area (Å²) >= 11 is 4.97. The maximum absolute atomic E-state index is 5.21. The molecule has 2 aromatic rings. The Morgan fingerprint density at radius 1 is 1.35 bits per heavy atom. The summed E-state index contributed by atoms with van der Waals surface area (Å²) in [5.41, 5.74) is 1.87. The SMILES string of the molecule is CNC(=S)NCc1cc(-c2ccccc2)no1. The molecule has 0 unspecified atom stereocenters. The molecule has 1 heterocycles. The minimum atomic E-state index is 0.527. The summed E-state index contributed by atoms with van der Waals surface area (Å²) in [6.07, 6.45) is 0. The van der Waals surface area contributed by atoms with Crippen molar-refractivity contribution in [3.8, 4) is 11.3 Å². The summed E-state index contributed by atoms with van der Waals surface area (Å²) in [6, 6.07) is 11.8. The van der Waals surface area contributed by atoms with E-state index in [4.69, 9.17) is 16.7 Å². The van der Waals surface area contributed by atoms with Crippen LogP contribution in [0, 0.1) is 0 Å². The quantitative estimate of drug-likeness (QED) is 0.812. The van der Waals surface area contributed by atoms with Crippen molar-refractivity contribution in [1.82, 2.24) is 15.8 Å². The highest BCUT2D eigenvalue weighted by Gasteiger charge is 2.05. The third kappa shape index (κ3) is 3.04. The lowest BCUT2D eigenvalue weighted by Crippen LogP contribution is -2.31. The Labute approximate surface area is 105 Å². The fraction of sp³-hybridized carbons (Fsp3) is 0.167. The average molecular weight is 247 g/mol. The van der Waals surface area contributed by atoms with Gasteiger partial charge in [0.15, 0.2) is 10.9 Å². The van der Waals surface area contributed by atoms with Crippen LogP contribution in [-0.4, -0.2) is 17.3 Å². The van der Waals surface area contributed by atoms with Crippen molar-refractivity contribution in [3.63, 3.8) is 0 Å². The molecule has 0 aliphatic heterocycles. The molecular weight excluding hydrogens is 234 g/mol. The molecule has 88 valence electrons. The van der Waals surface area contributed by atoms with Gasteiger partial charge in [0, 0.05) is 18.7 Å². The van der Waals surface area contributed by atoms with Crippen LogP contribution in [0.3, 0.4) is 0 Å². The number of rotatable bonds is 3. The van der Waals surface area contributed by atoms with Crippen molar-refractivity contribution in [3.05, 3.63) is 42.2 Å². The minimum absolute atomic E-state index is 0.527. The zero-order valence-corrected chi connectivity index (χ0v) is 10.3. The Bertz CT molecular complexity index is 495. The second-order valence-electron chi connectivity index (χ2n) is 3.48. The molecule has 2 N–H and O–H groups in total. The topological polar surface area (TPSA) is 50.1 Å². The van der Waals surface area contributed by atoms with Gasteiger partial charge in [0.25, 0.3) is 0 Å². The number of nitrogens with zero attached hydrogens (tertiary/aromatic N) is 1. The van der Waals surface area contributed by atoms with E-state index in [1.807, 2.05) is 36.4 Å². The number of benzene rings is 1. The Balaban J connectivity index is 2.04. The fourth-order valence-electron chi connectivity index (χ4n) is 1.40. The summed E-state index contributed by atoms with van der Waals surface area (Å²) in [7, 11) is 1.77. The summed E-state index contributed by atoms with van der Waals surface area (Å²) in [5.74, 6) is 0.751. The second kappa shape index (κ2) is 5.45. The Morgan fingerprint density at radius 3 is 2.82 bits per heavy atom. The van der Waals surface area contributed by atoms with Gasteiger partial charge < -0.3 is 15.2 Å². The number of hydrogen-bond acceptors (Lipinski definition) is 3. The molecule has 0 amide bonds. The van der Waals surface area contributed by atoms with Gasteiger partial charge in [-0.05, 0) is 12.2 Å². The Hall–Kier alpha value is -1.88. The van der Waals surface area contributed by atoms with Crippen LogP contribution in [0.5, 0.6) is 0 Å². The smallest absolute Gasteiger partial charge is 0.166 e. The lowest BCUT2D eigenvalue weighted by Gasteiger charge is -2.02. The molecule has 0 aliphatic carbocycles. The van der Waals surface area contributed by atoms with E-state index >= 15 is 0 Å². The molecule has 1 aromatic carbocycles. The second-order valence-corrected chi connectivity index (χ2v) is 3.89. The van der Waals surface area contributed by atoms with Gasteiger partial charge in [-0.2, -0.15) is 0 Å². The predicted molar refractivity (Wildman–Crippen MR) is 70.4 cm³/mol. The first-order valence-electron chi connectivity index (χ1n) is 5.26. The van der Waals surface area contributed by atoms with Gasteiger partial charge in [0.05, 0.1) is 6.54 Å². The Kier molecular flexibility index (Phi) is 3.72. The molecule has 4 nitrogen and oxygen atoms in total. The minimum Gasteiger partial charge on any atom is -0.366 e. The van der Waals surface area contributed by atoms with Crippen LogP contribution in [0.2, 0.25) is 0 Å². The molecule has 2 rings (SSSR count). The maximum Gasteiger partial charge on any atom is 0.166 e. The number of nitrogens with one attached hydrogen (secondary N) is 2. The fourth-order valence-corrected chi connectivity index (χ4v) is 1.47. The highest BCUT2D eigenvalue weighted by Crippen LogP contribution is 2.18. The third-order valence-corrected chi connectivity index (χ3v) is 2.63. The molecule has 0 aliphatic rings. The van der Waals surface area contributed by atoms with E-state index in [2.05, 4.69) is 15.8 Å². The van der Waals surface area contributed by atoms with Gasteiger partial charge in [-0.1, -0.05) is 35.5 Å². The van der Waals surface area contributed by atoms with E-state index in [0.29, 0.717) is 11.7 Å². The van der Waals surface area contributed by atoms with Gasteiger partial charge in [0.2, 0.25) is 0 Å². The molecule has 0 spiro atoms. The van der Waals surface area contributed by atoms with Crippen LogP contribution in [0.1, 0.15) is 5.76 Å². The maximum atomic E-state index is 5.21. The Morgan fingerprint density at radius 2 is 2.12 bits per heavy atom. The molecule has 0 saturated heterocycles. The van der Waals surface area contributed by atoms with Crippen LogP contribution < -0.4 is 10.6 Å². The van der Waals surface area contributed by atoms with Gasteiger partial charge in [0.1, 0.15) is 5.69 Å². The van der Waals surface area contributed by atoms with Crippen molar-refractivity contribution in [2.24, 2.45) is 0 Å².